The van der Waals surface area contributed by atoms with Crippen molar-refractivity contribution in [2.24, 2.45) is 4.99 Å². The summed E-state index contributed by atoms with van der Waals surface area (Å²) in [6, 6.07) is 19.5. The van der Waals surface area contributed by atoms with Crippen LogP contribution in [0.5, 0.6) is 11.5 Å². The SMILES string of the molecule is COc1ccc(C2=N[C@H](c3ccc(Cl)cc3)[C@H](c3ccc(Cl)cc3)N2C(=O)N2CCN(C(C)=O)CC2)c(OC(C)C)c1. The third-order valence-corrected chi connectivity index (χ3v) is 7.99. The Hall–Kier alpha value is -3.75. The first-order valence-electron chi connectivity index (χ1n) is 13.9. The van der Waals surface area contributed by atoms with Gasteiger partial charge in [0.2, 0.25) is 5.91 Å². The smallest absolute Gasteiger partial charge is 0.326 e. The Balaban J connectivity index is 1.66. The second-order valence-electron chi connectivity index (χ2n) is 10.6. The van der Waals surface area contributed by atoms with Gasteiger partial charge in [0, 0.05) is 49.2 Å². The van der Waals surface area contributed by atoms with Crippen molar-refractivity contribution in [2.45, 2.75) is 39.0 Å². The van der Waals surface area contributed by atoms with Gasteiger partial charge >= 0.3 is 6.03 Å². The van der Waals surface area contributed by atoms with Gasteiger partial charge in [-0.1, -0.05) is 47.5 Å². The van der Waals surface area contributed by atoms with E-state index in [9.17, 15) is 9.59 Å². The molecule has 42 heavy (non-hydrogen) atoms. The molecule has 2 atom stereocenters. The highest BCUT2D eigenvalue weighted by molar-refractivity contribution is 6.30. The van der Waals surface area contributed by atoms with E-state index in [1.807, 2.05) is 80.6 Å². The lowest BCUT2D eigenvalue weighted by molar-refractivity contribution is -0.130. The van der Waals surface area contributed by atoms with Gasteiger partial charge in [-0.05, 0) is 61.4 Å². The van der Waals surface area contributed by atoms with Crippen molar-refractivity contribution >= 4 is 41.0 Å². The number of amides is 3. The number of hydrogen-bond acceptors (Lipinski definition) is 5. The number of carbonyl (C=O) groups excluding carboxylic acids is 2. The van der Waals surface area contributed by atoms with Gasteiger partial charge in [0.15, 0.2) is 0 Å². The maximum atomic E-state index is 14.6. The van der Waals surface area contributed by atoms with Crippen LogP contribution in [0.4, 0.5) is 4.79 Å². The van der Waals surface area contributed by atoms with Crippen molar-refractivity contribution in [3.8, 4) is 11.5 Å². The number of benzene rings is 3. The lowest BCUT2D eigenvalue weighted by Gasteiger charge is -2.39. The molecule has 0 unspecified atom stereocenters. The van der Waals surface area contributed by atoms with Gasteiger partial charge in [0.05, 0.1) is 24.8 Å². The predicted molar refractivity (Wildman–Crippen MR) is 165 cm³/mol. The number of amidine groups is 1. The highest BCUT2D eigenvalue weighted by atomic mass is 35.5. The molecule has 0 aliphatic carbocycles. The molecule has 1 fully saturated rings. The maximum Gasteiger partial charge on any atom is 0.326 e. The summed E-state index contributed by atoms with van der Waals surface area (Å²) in [5.41, 5.74) is 2.47. The van der Waals surface area contributed by atoms with Crippen LogP contribution in [-0.4, -0.2) is 71.9 Å². The van der Waals surface area contributed by atoms with Crippen LogP contribution in [0.1, 0.15) is 49.5 Å². The zero-order chi connectivity index (χ0) is 30.0. The van der Waals surface area contributed by atoms with Gasteiger partial charge < -0.3 is 19.3 Å². The molecule has 0 spiro atoms. The first kappa shape index (κ1) is 29.7. The third-order valence-electron chi connectivity index (χ3n) is 7.48. The van der Waals surface area contributed by atoms with E-state index >= 15 is 0 Å². The van der Waals surface area contributed by atoms with Crippen LogP contribution in [0.3, 0.4) is 0 Å². The third kappa shape index (κ3) is 6.20. The summed E-state index contributed by atoms with van der Waals surface area (Å²) in [6.07, 6.45) is -0.124. The summed E-state index contributed by atoms with van der Waals surface area (Å²) in [7, 11) is 1.60. The average molecular weight is 610 g/mol. The first-order valence-corrected chi connectivity index (χ1v) is 14.7. The van der Waals surface area contributed by atoms with Crippen molar-refractivity contribution in [2.75, 3.05) is 33.3 Å². The van der Waals surface area contributed by atoms with Crippen LogP contribution >= 0.6 is 23.2 Å². The summed E-state index contributed by atoms with van der Waals surface area (Å²) in [4.78, 5) is 37.1. The largest absolute Gasteiger partial charge is 0.497 e. The molecule has 0 radical (unpaired) electrons. The molecule has 2 heterocycles. The van der Waals surface area contributed by atoms with Gasteiger partial charge in [-0.15, -0.1) is 0 Å². The van der Waals surface area contributed by atoms with E-state index in [2.05, 4.69) is 0 Å². The van der Waals surface area contributed by atoms with Crippen LogP contribution in [0.2, 0.25) is 10.0 Å². The number of rotatable bonds is 6. The molecule has 10 heteroatoms. The monoisotopic (exact) mass is 608 g/mol. The Kier molecular flexibility index (Phi) is 8.94. The lowest BCUT2D eigenvalue weighted by atomic mass is 9.93. The Morgan fingerprint density at radius 1 is 0.857 bits per heavy atom. The molecule has 0 saturated carbocycles. The summed E-state index contributed by atoms with van der Waals surface area (Å²) >= 11 is 12.5. The quantitative estimate of drug-likeness (QED) is 0.315. The fraction of sp³-hybridized carbons (Fsp3) is 0.344. The van der Waals surface area contributed by atoms with Crippen LogP contribution in [0.25, 0.3) is 0 Å². The molecule has 8 nitrogen and oxygen atoms in total. The molecule has 5 rings (SSSR count). The van der Waals surface area contributed by atoms with E-state index in [-0.39, 0.29) is 18.0 Å². The van der Waals surface area contributed by atoms with Gasteiger partial charge in [-0.2, -0.15) is 0 Å². The number of piperazine rings is 1. The first-order chi connectivity index (χ1) is 20.2. The number of nitrogens with zero attached hydrogens (tertiary/aromatic N) is 4. The zero-order valence-electron chi connectivity index (χ0n) is 24.1. The predicted octanol–water partition coefficient (Wildman–Crippen LogP) is 6.62. The Bertz CT molecular complexity index is 1470. The molecular weight excluding hydrogens is 575 g/mol. The van der Waals surface area contributed by atoms with E-state index < -0.39 is 12.1 Å². The van der Waals surface area contributed by atoms with Crippen LogP contribution in [-0.2, 0) is 4.79 Å². The highest BCUT2D eigenvalue weighted by Crippen LogP contribution is 2.46. The highest BCUT2D eigenvalue weighted by Gasteiger charge is 2.45. The average Bonchev–Trinajstić information content (AvgIpc) is 3.37. The molecule has 3 amide bonds. The molecule has 2 aliphatic heterocycles. The summed E-state index contributed by atoms with van der Waals surface area (Å²) in [5, 5.41) is 1.21. The standard InChI is InChI=1S/C32H34Cl2N4O4/c1-20(2)42-28-19-26(41-4)13-14-27(28)31-35-29(22-5-9-24(33)10-6-22)30(23-7-11-25(34)12-8-23)38(31)32(40)37-17-15-36(16-18-37)21(3)39/h5-14,19-20,29-30H,15-18H2,1-4H3/t29-,30+/m1/s1. The van der Waals surface area contributed by atoms with Gasteiger partial charge in [0.1, 0.15) is 23.4 Å². The molecule has 0 aromatic heterocycles. The Morgan fingerprint density at radius 3 is 1.98 bits per heavy atom. The molecule has 220 valence electrons. The summed E-state index contributed by atoms with van der Waals surface area (Å²) < 4.78 is 11.7. The Labute approximate surface area is 256 Å². The number of halogens is 2. The van der Waals surface area contributed by atoms with Gasteiger partial charge in [0.25, 0.3) is 0 Å². The van der Waals surface area contributed by atoms with Gasteiger partial charge in [-0.3, -0.25) is 14.7 Å². The van der Waals surface area contributed by atoms with E-state index in [1.54, 1.807) is 28.7 Å². The zero-order valence-corrected chi connectivity index (χ0v) is 25.6. The van der Waals surface area contributed by atoms with E-state index in [0.717, 1.165) is 11.1 Å². The minimum Gasteiger partial charge on any atom is -0.497 e. The van der Waals surface area contributed by atoms with Crippen LogP contribution in [0.15, 0.2) is 71.7 Å². The van der Waals surface area contributed by atoms with Crippen molar-refractivity contribution in [1.29, 1.82) is 0 Å². The summed E-state index contributed by atoms with van der Waals surface area (Å²) in [5.74, 6) is 1.69. The second kappa shape index (κ2) is 12.6. The number of ether oxygens (including phenoxy) is 2. The minimum absolute atomic E-state index is 0.000995. The summed E-state index contributed by atoms with van der Waals surface area (Å²) in [6.45, 7) is 7.22. The Morgan fingerprint density at radius 2 is 1.43 bits per heavy atom. The van der Waals surface area contributed by atoms with Crippen molar-refractivity contribution in [1.82, 2.24) is 14.7 Å². The van der Waals surface area contributed by atoms with Crippen LogP contribution < -0.4 is 9.47 Å². The fourth-order valence-electron chi connectivity index (χ4n) is 5.39. The minimum atomic E-state index is -0.481. The van der Waals surface area contributed by atoms with E-state index in [4.69, 9.17) is 37.7 Å². The molecule has 0 N–H and O–H groups in total. The van der Waals surface area contributed by atoms with Gasteiger partial charge in [-0.25, -0.2) is 4.79 Å². The number of aliphatic imine (C=N–C) groups is 1. The number of hydrogen-bond donors (Lipinski definition) is 0. The van der Waals surface area contributed by atoms with Crippen LogP contribution in [0, 0.1) is 0 Å². The van der Waals surface area contributed by atoms with Crippen molar-refractivity contribution in [3.63, 3.8) is 0 Å². The lowest BCUT2D eigenvalue weighted by Crippen LogP contribution is -2.54. The molecule has 0 bridgehead atoms. The van der Waals surface area contributed by atoms with Crippen molar-refractivity contribution in [3.05, 3.63) is 93.5 Å². The fourth-order valence-corrected chi connectivity index (χ4v) is 5.64. The number of carbonyl (C=O) groups is 2. The topological polar surface area (TPSA) is 74.7 Å². The van der Waals surface area contributed by atoms with Crippen molar-refractivity contribution < 1.29 is 19.1 Å². The molecule has 2 aliphatic rings. The van der Waals surface area contributed by atoms with E-state index in [1.165, 1.54) is 0 Å². The molecule has 3 aromatic carbocycles. The van der Waals surface area contributed by atoms with E-state index in [0.29, 0.717) is 59.1 Å². The normalized spacial score (nSPS) is 18.7. The number of urea groups is 1. The molecular formula is C32H34Cl2N4O4. The molecule has 3 aromatic rings. The maximum absolute atomic E-state index is 14.6. The molecule has 1 saturated heterocycles. The second-order valence-corrected chi connectivity index (χ2v) is 11.5. The number of methoxy groups -OCH3 is 1.